The van der Waals surface area contributed by atoms with Crippen LogP contribution in [-0.4, -0.2) is 31.2 Å². The van der Waals surface area contributed by atoms with E-state index >= 15 is 0 Å². The average Bonchev–Trinajstić information content (AvgIpc) is 2.66. The predicted octanol–water partition coefficient (Wildman–Crippen LogP) is 4.28. The van der Waals surface area contributed by atoms with Crippen LogP contribution in [0.4, 0.5) is 0 Å². The maximum absolute atomic E-state index is 12.7. The molecular weight excluding hydrogens is 324 g/mol. The van der Waals surface area contributed by atoms with Gasteiger partial charge in [-0.2, -0.15) is 0 Å². The quantitative estimate of drug-likeness (QED) is 0.676. The smallest absolute Gasteiger partial charge is 0.252 e. The lowest BCUT2D eigenvalue weighted by Gasteiger charge is -2.11. The Labute approximate surface area is 154 Å². The highest BCUT2D eigenvalue weighted by Gasteiger charge is 2.14. The molecule has 0 aliphatic carbocycles. The van der Waals surface area contributed by atoms with Gasteiger partial charge in [0.2, 0.25) is 0 Å². The summed E-state index contributed by atoms with van der Waals surface area (Å²) in [5.74, 6) is -0.0789. The summed E-state index contributed by atoms with van der Waals surface area (Å²) >= 11 is 0. The third kappa shape index (κ3) is 3.92. The molecule has 3 aromatic rings. The van der Waals surface area contributed by atoms with Gasteiger partial charge in [0.05, 0.1) is 16.8 Å². The largest absolute Gasteiger partial charge is 0.385 e. The molecule has 0 spiro atoms. The Morgan fingerprint density at radius 1 is 1.08 bits per heavy atom. The lowest BCUT2D eigenvalue weighted by molar-refractivity contribution is 0.0950. The van der Waals surface area contributed by atoms with E-state index < -0.39 is 0 Å². The molecule has 134 valence electrons. The Morgan fingerprint density at radius 3 is 2.65 bits per heavy atom. The molecule has 0 fully saturated rings. The molecule has 0 bridgehead atoms. The summed E-state index contributed by atoms with van der Waals surface area (Å²) in [6.07, 6.45) is 0.787. The highest BCUT2D eigenvalue weighted by molar-refractivity contribution is 6.07. The number of ether oxygens (including phenoxy) is 1. The number of aryl methyl sites for hydroxylation is 2. The van der Waals surface area contributed by atoms with Gasteiger partial charge in [0, 0.05) is 31.2 Å². The van der Waals surface area contributed by atoms with Crippen LogP contribution in [0.1, 0.15) is 27.9 Å². The van der Waals surface area contributed by atoms with Crippen molar-refractivity contribution >= 4 is 16.8 Å². The third-order valence-electron chi connectivity index (χ3n) is 4.57. The molecule has 0 saturated heterocycles. The minimum absolute atomic E-state index is 0.0789. The molecule has 0 atom stereocenters. The van der Waals surface area contributed by atoms with Gasteiger partial charge in [0.1, 0.15) is 0 Å². The van der Waals surface area contributed by atoms with Crippen LogP contribution in [0, 0.1) is 13.8 Å². The van der Waals surface area contributed by atoms with Crippen molar-refractivity contribution in [2.24, 2.45) is 0 Å². The predicted molar refractivity (Wildman–Crippen MR) is 105 cm³/mol. The highest BCUT2D eigenvalue weighted by Crippen LogP contribution is 2.26. The fourth-order valence-electron chi connectivity index (χ4n) is 2.93. The SMILES string of the molecule is COCCCNC(=O)c1cc(-c2ccc(C)c(C)c2)nc2ccccc12. The Hall–Kier alpha value is -2.72. The van der Waals surface area contributed by atoms with Crippen LogP contribution in [0.2, 0.25) is 0 Å². The average molecular weight is 348 g/mol. The molecule has 26 heavy (non-hydrogen) atoms. The van der Waals surface area contributed by atoms with Gasteiger partial charge in [0.15, 0.2) is 0 Å². The first-order valence-corrected chi connectivity index (χ1v) is 8.84. The number of carbonyl (C=O) groups excluding carboxylic acids is 1. The minimum atomic E-state index is -0.0789. The molecule has 2 aromatic carbocycles. The molecule has 0 radical (unpaired) electrons. The number of amides is 1. The summed E-state index contributed by atoms with van der Waals surface area (Å²) < 4.78 is 5.04. The Kier molecular flexibility index (Phi) is 5.64. The molecule has 3 rings (SSSR count). The lowest BCUT2D eigenvalue weighted by Crippen LogP contribution is -2.25. The standard InChI is InChI=1S/C22H24N2O2/c1-15-9-10-17(13-16(15)2)21-14-19(22(25)23-11-6-12-26-3)18-7-4-5-8-20(18)24-21/h4-5,7-10,13-14H,6,11-12H2,1-3H3,(H,23,25). The van der Waals surface area contributed by atoms with Gasteiger partial charge in [-0.15, -0.1) is 0 Å². The van der Waals surface area contributed by atoms with Gasteiger partial charge < -0.3 is 10.1 Å². The molecule has 0 unspecified atom stereocenters. The van der Waals surface area contributed by atoms with E-state index in [0.717, 1.165) is 28.6 Å². The molecule has 4 heteroatoms. The van der Waals surface area contributed by atoms with Crippen molar-refractivity contribution in [3.63, 3.8) is 0 Å². The summed E-state index contributed by atoms with van der Waals surface area (Å²) in [6.45, 7) is 5.39. The zero-order valence-electron chi connectivity index (χ0n) is 15.5. The fraction of sp³-hybridized carbons (Fsp3) is 0.273. The first-order chi connectivity index (χ1) is 12.6. The molecule has 0 saturated carbocycles. The van der Waals surface area contributed by atoms with Gasteiger partial charge in [-0.1, -0.05) is 30.3 Å². The number of para-hydroxylation sites is 1. The number of carbonyl (C=O) groups is 1. The Morgan fingerprint density at radius 2 is 1.88 bits per heavy atom. The second kappa shape index (κ2) is 8.11. The number of aromatic nitrogens is 1. The number of hydrogen-bond acceptors (Lipinski definition) is 3. The summed E-state index contributed by atoms with van der Waals surface area (Å²) in [6, 6.07) is 15.9. The fourth-order valence-corrected chi connectivity index (χ4v) is 2.93. The summed E-state index contributed by atoms with van der Waals surface area (Å²) in [5, 5.41) is 3.84. The zero-order valence-corrected chi connectivity index (χ0v) is 15.5. The van der Waals surface area contributed by atoms with E-state index in [9.17, 15) is 4.79 Å². The second-order valence-electron chi connectivity index (χ2n) is 6.47. The lowest BCUT2D eigenvalue weighted by atomic mass is 10.0. The number of nitrogens with one attached hydrogen (secondary N) is 1. The van der Waals surface area contributed by atoms with Crippen molar-refractivity contribution in [2.75, 3.05) is 20.3 Å². The van der Waals surface area contributed by atoms with Crippen molar-refractivity contribution in [1.29, 1.82) is 0 Å². The molecule has 1 heterocycles. The van der Waals surface area contributed by atoms with Crippen LogP contribution >= 0.6 is 0 Å². The van der Waals surface area contributed by atoms with Crippen molar-refractivity contribution in [3.05, 3.63) is 65.2 Å². The molecule has 4 nitrogen and oxygen atoms in total. The number of benzene rings is 2. The highest BCUT2D eigenvalue weighted by atomic mass is 16.5. The van der Waals surface area contributed by atoms with Gasteiger partial charge in [-0.05, 0) is 49.6 Å². The summed E-state index contributed by atoms with van der Waals surface area (Å²) in [4.78, 5) is 17.5. The van der Waals surface area contributed by atoms with Crippen molar-refractivity contribution in [2.45, 2.75) is 20.3 Å². The normalized spacial score (nSPS) is 10.9. The number of pyridine rings is 1. The number of nitrogens with zero attached hydrogens (tertiary/aromatic N) is 1. The molecule has 1 N–H and O–H groups in total. The van der Waals surface area contributed by atoms with E-state index in [1.165, 1.54) is 11.1 Å². The van der Waals surface area contributed by atoms with Crippen molar-refractivity contribution in [3.8, 4) is 11.3 Å². The number of fused-ring (bicyclic) bond motifs is 1. The second-order valence-corrected chi connectivity index (χ2v) is 6.47. The maximum atomic E-state index is 12.7. The first kappa shape index (κ1) is 18.1. The van der Waals surface area contributed by atoms with Crippen LogP contribution in [0.25, 0.3) is 22.2 Å². The number of rotatable bonds is 6. The van der Waals surface area contributed by atoms with Crippen LogP contribution in [-0.2, 0) is 4.74 Å². The Balaban J connectivity index is 2.01. The van der Waals surface area contributed by atoms with E-state index in [0.29, 0.717) is 18.7 Å². The first-order valence-electron chi connectivity index (χ1n) is 8.84. The van der Waals surface area contributed by atoms with Crippen LogP contribution in [0.3, 0.4) is 0 Å². The van der Waals surface area contributed by atoms with Gasteiger partial charge >= 0.3 is 0 Å². The monoisotopic (exact) mass is 348 g/mol. The number of methoxy groups -OCH3 is 1. The topological polar surface area (TPSA) is 51.2 Å². The molecule has 1 aromatic heterocycles. The zero-order chi connectivity index (χ0) is 18.5. The van der Waals surface area contributed by atoms with Gasteiger partial charge in [0.25, 0.3) is 5.91 Å². The van der Waals surface area contributed by atoms with Crippen LogP contribution < -0.4 is 5.32 Å². The molecule has 0 aliphatic heterocycles. The maximum Gasteiger partial charge on any atom is 0.252 e. The minimum Gasteiger partial charge on any atom is -0.385 e. The summed E-state index contributed by atoms with van der Waals surface area (Å²) in [7, 11) is 1.66. The van der Waals surface area contributed by atoms with E-state index in [1.807, 2.05) is 30.3 Å². The number of hydrogen-bond donors (Lipinski definition) is 1. The molecular formula is C22H24N2O2. The van der Waals surface area contributed by atoms with E-state index in [2.05, 4.69) is 37.4 Å². The Bertz CT molecular complexity index is 935. The summed E-state index contributed by atoms with van der Waals surface area (Å²) in [5.41, 5.74) is 5.77. The van der Waals surface area contributed by atoms with Crippen molar-refractivity contribution in [1.82, 2.24) is 10.3 Å². The van der Waals surface area contributed by atoms with Crippen LogP contribution in [0.15, 0.2) is 48.5 Å². The van der Waals surface area contributed by atoms with E-state index in [-0.39, 0.29) is 5.91 Å². The van der Waals surface area contributed by atoms with Gasteiger partial charge in [-0.25, -0.2) is 4.98 Å². The van der Waals surface area contributed by atoms with E-state index in [1.54, 1.807) is 7.11 Å². The van der Waals surface area contributed by atoms with E-state index in [4.69, 9.17) is 9.72 Å². The van der Waals surface area contributed by atoms with Crippen LogP contribution in [0.5, 0.6) is 0 Å². The van der Waals surface area contributed by atoms with Gasteiger partial charge in [-0.3, -0.25) is 4.79 Å². The van der Waals surface area contributed by atoms with Crippen molar-refractivity contribution < 1.29 is 9.53 Å². The molecule has 0 aliphatic rings. The third-order valence-corrected chi connectivity index (χ3v) is 4.57. The molecule has 1 amide bonds.